The molecule has 2 aromatic carbocycles. The van der Waals surface area contributed by atoms with Gasteiger partial charge in [0.2, 0.25) is 10.0 Å². The molecule has 8 nitrogen and oxygen atoms in total. The Balaban J connectivity index is 2.04. The van der Waals surface area contributed by atoms with Crippen molar-refractivity contribution >= 4 is 16.0 Å². The van der Waals surface area contributed by atoms with Gasteiger partial charge in [-0.05, 0) is 37.6 Å². The van der Waals surface area contributed by atoms with Crippen molar-refractivity contribution in [3.63, 3.8) is 0 Å². The second-order valence-corrected chi connectivity index (χ2v) is 8.84. The van der Waals surface area contributed by atoms with Crippen LogP contribution in [-0.2, 0) is 21.3 Å². The van der Waals surface area contributed by atoms with Crippen LogP contribution in [0.15, 0.2) is 52.4 Å². The Morgan fingerprint density at radius 3 is 2.61 bits per heavy atom. The average molecular weight is 449 g/mol. The van der Waals surface area contributed by atoms with Crippen molar-refractivity contribution in [3.8, 4) is 5.75 Å². The number of benzene rings is 2. The summed E-state index contributed by atoms with van der Waals surface area (Å²) in [7, 11) is 1.28. The summed E-state index contributed by atoms with van der Waals surface area (Å²) in [6, 6.07) is 12.8. The van der Waals surface area contributed by atoms with E-state index in [9.17, 15) is 8.42 Å². The third-order valence-electron chi connectivity index (χ3n) is 4.70. The number of hydrogen-bond donors (Lipinski definition) is 3. The molecule has 0 aliphatic rings. The van der Waals surface area contributed by atoms with Crippen LogP contribution >= 0.6 is 0 Å². The predicted octanol–water partition coefficient (Wildman–Crippen LogP) is 2.35. The molecule has 0 aromatic heterocycles. The molecular formula is C22H32N4O4S. The van der Waals surface area contributed by atoms with Crippen molar-refractivity contribution in [2.75, 3.05) is 34.4 Å². The lowest BCUT2D eigenvalue weighted by Gasteiger charge is -2.21. The zero-order chi connectivity index (χ0) is 22.9. The number of nitrogens with one attached hydrogen (secondary N) is 3. The molecule has 170 valence electrons. The quantitative estimate of drug-likeness (QED) is 0.293. The average Bonchev–Trinajstić information content (AvgIpc) is 2.76. The lowest BCUT2D eigenvalue weighted by molar-refractivity contribution is 0.204. The molecule has 2 aromatic rings. The van der Waals surface area contributed by atoms with Gasteiger partial charge in [0.05, 0.1) is 24.7 Å². The summed E-state index contributed by atoms with van der Waals surface area (Å²) in [4.78, 5) is 4.49. The van der Waals surface area contributed by atoms with Crippen molar-refractivity contribution in [1.82, 2.24) is 15.4 Å². The molecule has 1 unspecified atom stereocenters. The summed E-state index contributed by atoms with van der Waals surface area (Å²) in [6.07, 6.45) is 0. The largest absolute Gasteiger partial charge is 0.496 e. The summed E-state index contributed by atoms with van der Waals surface area (Å²) < 4.78 is 37.7. The fraction of sp³-hybridized carbons (Fsp3) is 0.409. The summed E-state index contributed by atoms with van der Waals surface area (Å²) in [5, 5.41) is 6.58. The van der Waals surface area contributed by atoms with Crippen LogP contribution in [0.5, 0.6) is 5.75 Å². The number of ether oxygens (including phenoxy) is 2. The molecule has 31 heavy (non-hydrogen) atoms. The molecule has 9 heteroatoms. The van der Waals surface area contributed by atoms with Gasteiger partial charge in [-0.3, -0.25) is 4.99 Å². The molecule has 0 fully saturated rings. The Labute approximate surface area is 185 Å². The summed E-state index contributed by atoms with van der Waals surface area (Å²) in [5.41, 5.74) is 2.99. The third kappa shape index (κ3) is 7.23. The van der Waals surface area contributed by atoms with Crippen molar-refractivity contribution in [3.05, 3.63) is 59.2 Å². The Morgan fingerprint density at radius 1 is 1.16 bits per heavy atom. The second-order valence-electron chi connectivity index (χ2n) is 7.08. The van der Waals surface area contributed by atoms with Crippen molar-refractivity contribution in [2.45, 2.75) is 31.3 Å². The number of rotatable bonds is 10. The van der Waals surface area contributed by atoms with E-state index in [1.807, 2.05) is 32.0 Å². The van der Waals surface area contributed by atoms with E-state index in [2.05, 4.69) is 26.4 Å². The molecule has 3 N–H and O–H groups in total. The van der Waals surface area contributed by atoms with E-state index < -0.39 is 10.0 Å². The van der Waals surface area contributed by atoms with Crippen LogP contribution in [0.25, 0.3) is 0 Å². The van der Waals surface area contributed by atoms with Crippen LogP contribution in [0.3, 0.4) is 0 Å². The number of methoxy groups -OCH3 is 2. The molecule has 0 saturated carbocycles. The van der Waals surface area contributed by atoms with Crippen LogP contribution in [-0.4, -0.2) is 48.8 Å². The van der Waals surface area contributed by atoms with E-state index >= 15 is 0 Å². The van der Waals surface area contributed by atoms with Gasteiger partial charge in [0.1, 0.15) is 5.75 Å². The Hall–Kier alpha value is -2.62. The predicted molar refractivity (Wildman–Crippen MR) is 123 cm³/mol. The molecule has 0 spiro atoms. The van der Waals surface area contributed by atoms with Crippen LogP contribution in [0.4, 0.5) is 0 Å². The lowest BCUT2D eigenvalue weighted by atomic mass is 10.0. The SMILES string of the molecule is CN=C(NCc1cccc(S(=O)(=O)NCCOC)c1)NC(C)c1cc(C)ccc1OC. The number of sulfonamides is 1. The van der Waals surface area contributed by atoms with Crippen molar-refractivity contribution in [1.29, 1.82) is 0 Å². The summed E-state index contributed by atoms with van der Waals surface area (Å²) in [6.45, 7) is 5.01. The highest BCUT2D eigenvalue weighted by Crippen LogP contribution is 2.26. The zero-order valence-corrected chi connectivity index (χ0v) is 19.5. The number of guanidine groups is 1. The number of aryl methyl sites for hydroxylation is 1. The number of hydrogen-bond acceptors (Lipinski definition) is 5. The van der Waals surface area contributed by atoms with E-state index in [4.69, 9.17) is 9.47 Å². The van der Waals surface area contributed by atoms with E-state index in [1.165, 1.54) is 7.11 Å². The maximum atomic E-state index is 12.4. The molecule has 1 atom stereocenters. The van der Waals surface area contributed by atoms with Gasteiger partial charge in [-0.2, -0.15) is 0 Å². The van der Waals surface area contributed by atoms with Gasteiger partial charge in [-0.15, -0.1) is 0 Å². The summed E-state index contributed by atoms with van der Waals surface area (Å²) in [5.74, 6) is 1.41. The fourth-order valence-corrected chi connectivity index (χ4v) is 4.12. The fourth-order valence-electron chi connectivity index (χ4n) is 3.04. The maximum absolute atomic E-state index is 12.4. The Morgan fingerprint density at radius 2 is 1.94 bits per heavy atom. The van der Waals surface area contributed by atoms with Gasteiger partial charge in [-0.1, -0.05) is 29.8 Å². The molecule has 2 rings (SSSR count). The molecule has 0 amide bonds. The number of nitrogens with zero attached hydrogens (tertiary/aromatic N) is 1. The third-order valence-corrected chi connectivity index (χ3v) is 6.15. The molecule has 0 aliphatic heterocycles. The molecular weight excluding hydrogens is 416 g/mol. The highest BCUT2D eigenvalue weighted by atomic mass is 32.2. The number of aliphatic imine (C=N–C) groups is 1. The Kier molecular flexibility index (Phi) is 9.29. The highest BCUT2D eigenvalue weighted by Gasteiger charge is 2.15. The second kappa shape index (κ2) is 11.7. The first-order valence-electron chi connectivity index (χ1n) is 10.00. The van der Waals surface area contributed by atoms with Gasteiger partial charge in [-0.25, -0.2) is 13.1 Å². The topological polar surface area (TPSA) is 101 Å². The highest BCUT2D eigenvalue weighted by molar-refractivity contribution is 7.89. The van der Waals surface area contributed by atoms with Crippen LogP contribution in [0.1, 0.15) is 29.7 Å². The van der Waals surface area contributed by atoms with Crippen molar-refractivity contribution < 1.29 is 17.9 Å². The van der Waals surface area contributed by atoms with E-state index in [0.717, 1.165) is 22.4 Å². The molecule has 0 radical (unpaired) electrons. The van der Waals surface area contributed by atoms with Gasteiger partial charge in [0.15, 0.2) is 5.96 Å². The standard InChI is InChI=1S/C22H32N4O4S/c1-16-9-10-21(30-5)20(13-16)17(2)26-22(23-3)24-15-18-7-6-8-19(14-18)31(27,28)25-11-12-29-4/h6-10,13-14,17,25H,11-12,15H2,1-5H3,(H2,23,24,26). The van der Waals surface area contributed by atoms with Crippen LogP contribution < -0.4 is 20.1 Å². The van der Waals surface area contributed by atoms with Crippen LogP contribution in [0, 0.1) is 6.92 Å². The monoisotopic (exact) mass is 448 g/mol. The molecule has 0 heterocycles. The first kappa shape index (κ1) is 24.6. The normalized spacial score (nSPS) is 13.0. The first-order valence-corrected chi connectivity index (χ1v) is 11.5. The Bertz CT molecular complexity index is 993. The van der Waals surface area contributed by atoms with Gasteiger partial charge in [0, 0.05) is 32.8 Å². The van der Waals surface area contributed by atoms with E-state index in [1.54, 1.807) is 32.4 Å². The van der Waals surface area contributed by atoms with Gasteiger partial charge >= 0.3 is 0 Å². The van der Waals surface area contributed by atoms with Crippen molar-refractivity contribution in [2.24, 2.45) is 4.99 Å². The maximum Gasteiger partial charge on any atom is 0.240 e. The van der Waals surface area contributed by atoms with Gasteiger partial charge in [0.25, 0.3) is 0 Å². The minimum atomic E-state index is -3.58. The van der Waals surface area contributed by atoms with E-state index in [0.29, 0.717) is 19.1 Å². The minimum absolute atomic E-state index is 0.0438. The zero-order valence-electron chi connectivity index (χ0n) is 18.7. The molecule has 0 aliphatic carbocycles. The van der Waals surface area contributed by atoms with Crippen LogP contribution in [0.2, 0.25) is 0 Å². The van der Waals surface area contributed by atoms with Gasteiger partial charge < -0.3 is 20.1 Å². The lowest BCUT2D eigenvalue weighted by Crippen LogP contribution is -2.38. The minimum Gasteiger partial charge on any atom is -0.496 e. The summed E-state index contributed by atoms with van der Waals surface area (Å²) >= 11 is 0. The molecule has 0 bridgehead atoms. The van der Waals surface area contributed by atoms with E-state index in [-0.39, 0.29) is 17.5 Å². The molecule has 0 saturated heterocycles. The smallest absolute Gasteiger partial charge is 0.240 e. The first-order chi connectivity index (χ1) is 14.8.